The fourth-order valence-electron chi connectivity index (χ4n) is 2.13. The molecule has 0 aromatic rings. The number of carbonyl (C=O) groups is 1. The number of nitrogens with zero attached hydrogens (tertiary/aromatic N) is 1. The predicted molar refractivity (Wildman–Crippen MR) is 59.7 cm³/mol. The van der Waals surface area contributed by atoms with Crippen molar-refractivity contribution in [1.82, 2.24) is 15.5 Å². The molecule has 2 fully saturated rings. The Bertz CT molecular complexity index is 240. The molecule has 1 aliphatic heterocycles. The average molecular weight is 211 g/mol. The van der Waals surface area contributed by atoms with E-state index in [0.29, 0.717) is 12.1 Å². The third kappa shape index (κ3) is 2.69. The summed E-state index contributed by atoms with van der Waals surface area (Å²) in [5.74, 6) is 0.200. The Morgan fingerprint density at radius 2 is 2.27 bits per heavy atom. The lowest BCUT2D eigenvalue weighted by Gasteiger charge is -2.37. The molecule has 1 unspecified atom stereocenters. The monoisotopic (exact) mass is 211 g/mol. The maximum absolute atomic E-state index is 11.9. The summed E-state index contributed by atoms with van der Waals surface area (Å²) in [5.41, 5.74) is 0. The van der Waals surface area contributed by atoms with Crippen LogP contribution >= 0.6 is 0 Å². The molecule has 4 nitrogen and oxygen atoms in total. The molecule has 2 rings (SSSR count). The van der Waals surface area contributed by atoms with Gasteiger partial charge in [-0.25, -0.2) is 0 Å². The Balaban J connectivity index is 1.86. The first kappa shape index (κ1) is 10.9. The van der Waals surface area contributed by atoms with Crippen LogP contribution in [0.2, 0.25) is 0 Å². The highest BCUT2D eigenvalue weighted by Gasteiger charge is 2.31. The number of amides is 1. The Labute approximate surface area is 91.4 Å². The molecule has 86 valence electrons. The summed E-state index contributed by atoms with van der Waals surface area (Å²) in [6, 6.07) is 0.944. The molecular weight excluding hydrogens is 190 g/mol. The molecular formula is C11H21N3O. The number of nitrogens with one attached hydrogen (secondary N) is 2. The minimum absolute atomic E-state index is 0.0164. The van der Waals surface area contributed by atoms with Gasteiger partial charge >= 0.3 is 0 Å². The quantitative estimate of drug-likeness (QED) is 0.688. The highest BCUT2D eigenvalue weighted by molar-refractivity contribution is 5.81. The van der Waals surface area contributed by atoms with Crippen molar-refractivity contribution in [2.24, 2.45) is 0 Å². The molecule has 1 saturated heterocycles. The lowest BCUT2D eigenvalue weighted by atomic mass is 10.1. The third-order valence-corrected chi connectivity index (χ3v) is 3.35. The van der Waals surface area contributed by atoms with Crippen molar-refractivity contribution in [3.63, 3.8) is 0 Å². The first-order valence-corrected chi connectivity index (χ1v) is 5.95. The molecule has 1 amide bonds. The van der Waals surface area contributed by atoms with Gasteiger partial charge in [-0.05, 0) is 26.7 Å². The summed E-state index contributed by atoms with van der Waals surface area (Å²) < 4.78 is 0. The zero-order chi connectivity index (χ0) is 10.8. The van der Waals surface area contributed by atoms with Crippen LogP contribution in [0.3, 0.4) is 0 Å². The van der Waals surface area contributed by atoms with Crippen LogP contribution in [0.15, 0.2) is 0 Å². The molecule has 1 heterocycles. The molecule has 2 aliphatic rings. The second kappa shape index (κ2) is 4.49. The van der Waals surface area contributed by atoms with Gasteiger partial charge in [0.15, 0.2) is 0 Å². The van der Waals surface area contributed by atoms with E-state index < -0.39 is 0 Å². The van der Waals surface area contributed by atoms with Gasteiger partial charge in [0.05, 0.1) is 6.04 Å². The third-order valence-electron chi connectivity index (χ3n) is 3.35. The van der Waals surface area contributed by atoms with E-state index in [-0.39, 0.29) is 11.9 Å². The van der Waals surface area contributed by atoms with Gasteiger partial charge in [0, 0.05) is 31.7 Å². The number of hydrogen-bond acceptors (Lipinski definition) is 3. The van der Waals surface area contributed by atoms with Crippen LogP contribution < -0.4 is 10.6 Å². The lowest BCUT2D eigenvalue weighted by molar-refractivity contribution is -0.127. The van der Waals surface area contributed by atoms with Gasteiger partial charge in [-0.15, -0.1) is 0 Å². The number of piperazine rings is 1. The van der Waals surface area contributed by atoms with E-state index in [9.17, 15) is 4.79 Å². The van der Waals surface area contributed by atoms with Crippen LogP contribution in [0.25, 0.3) is 0 Å². The molecule has 15 heavy (non-hydrogen) atoms. The van der Waals surface area contributed by atoms with E-state index in [1.54, 1.807) is 0 Å². The van der Waals surface area contributed by atoms with E-state index in [1.807, 2.05) is 6.92 Å². The fraction of sp³-hybridized carbons (Fsp3) is 0.909. The van der Waals surface area contributed by atoms with Crippen molar-refractivity contribution in [1.29, 1.82) is 0 Å². The summed E-state index contributed by atoms with van der Waals surface area (Å²) in [4.78, 5) is 14.2. The van der Waals surface area contributed by atoms with Crippen molar-refractivity contribution >= 4 is 5.91 Å². The Morgan fingerprint density at radius 3 is 2.87 bits per heavy atom. The Hall–Kier alpha value is -0.610. The van der Waals surface area contributed by atoms with Crippen LogP contribution in [0, 0.1) is 0 Å². The van der Waals surface area contributed by atoms with Gasteiger partial charge in [0.2, 0.25) is 5.91 Å². The van der Waals surface area contributed by atoms with Crippen molar-refractivity contribution in [2.75, 3.05) is 19.6 Å². The lowest BCUT2D eigenvalue weighted by Crippen LogP contribution is -2.57. The normalized spacial score (nSPS) is 29.9. The number of carbonyl (C=O) groups excluding carboxylic acids is 1. The average Bonchev–Trinajstić information content (AvgIpc) is 3.01. The summed E-state index contributed by atoms with van der Waals surface area (Å²) in [6.45, 7) is 7.14. The van der Waals surface area contributed by atoms with Gasteiger partial charge in [-0.2, -0.15) is 0 Å². The summed E-state index contributed by atoms with van der Waals surface area (Å²) in [5, 5.41) is 6.41. The van der Waals surface area contributed by atoms with E-state index in [2.05, 4.69) is 22.5 Å². The second-order valence-corrected chi connectivity index (χ2v) is 4.75. The molecule has 0 radical (unpaired) electrons. The zero-order valence-electron chi connectivity index (χ0n) is 9.62. The van der Waals surface area contributed by atoms with Crippen molar-refractivity contribution < 1.29 is 4.79 Å². The van der Waals surface area contributed by atoms with E-state index >= 15 is 0 Å². The highest BCUT2D eigenvalue weighted by Crippen LogP contribution is 2.19. The minimum atomic E-state index is 0.0164. The molecule has 0 bridgehead atoms. The molecule has 4 heteroatoms. The molecule has 2 N–H and O–H groups in total. The topological polar surface area (TPSA) is 44.4 Å². The van der Waals surface area contributed by atoms with Crippen LogP contribution in [0.4, 0.5) is 0 Å². The first-order valence-electron chi connectivity index (χ1n) is 5.95. The van der Waals surface area contributed by atoms with Crippen LogP contribution in [-0.2, 0) is 4.79 Å². The van der Waals surface area contributed by atoms with Crippen molar-refractivity contribution in [3.8, 4) is 0 Å². The van der Waals surface area contributed by atoms with Gasteiger partial charge < -0.3 is 10.6 Å². The first-order chi connectivity index (χ1) is 7.18. The largest absolute Gasteiger partial charge is 0.352 e. The zero-order valence-corrected chi connectivity index (χ0v) is 9.62. The maximum Gasteiger partial charge on any atom is 0.237 e. The molecule has 1 aliphatic carbocycles. The van der Waals surface area contributed by atoms with E-state index in [4.69, 9.17) is 0 Å². The molecule has 0 aromatic heterocycles. The smallest absolute Gasteiger partial charge is 0.237 e. The molecule has 0 spiro atoms. The highest BCUT2D eigenvalue weighted by atomic mass is 16.2. The second-order valence-electron chi connectivity index (χ2n) is 4.75. The Morgan fingerprint density at radius 1 is 1.53 bits per heavy atom. The van der Waals surface area contributed by atoms with Crippen molar-refractivity contribution in [2.45, 2.75) is 44.8 Å². The maximum atomic E-state index is 11.9. The molecule has 1 saturated carbocycles. The molecule has 2 atom stereocenters. The van der Waals surface area contributed by atoms with Crippen LogP contribution in [0.5, 0.6) is 0 Å². The fourth-order valence-corrected chi connectivity index (χ4v) is 2.13. The predicted octanol–water partition coefficient (Wildman–Crippen LogP) is -0.0528. The van der Waals surface area contributed by atoms with Crippen molar-refractivity contribution in [3.05, 3.63) is 0 Å². The van der Waals surface area contributed by atoms with Gasteiger partial charge in [0.25, 0.3) is 0 Å². The Kier molecular flexibility index (Phi) is 3.26. The number of rotatable bonds is 3. The van der Waals surface area contributed by atoms with Crippen LogP contribution in [0.1, 0.15) is 26.7 Å². The van der Waals surface area contributed by atoms with E-state index in [1.165, 1.54) is 0 Å². The summed E-state index contributed by atoms with van der Waals surface area (Å²) in [7, 11) is 0. The summed E-state index contributed by atoms with van der Waals surface area (Å²) >= 11 is 0. The van der Waals surface area contributed by atoms with E-state index in [0.717, 1.165) is 32.5 Å². The van der Waals surface area contributed by atoms with Gasteiger partial charge in [-0.3, -0.25) is 9.69 Å². The van der Waals surface area contributed by atoms with Crippen LogP contribution in [-0.4, -0.2) is 48.6 Å². The summed E-state index contributed by atoms with van der Waals surface area (Å²) in [6.07, 6.45) is 2.32. The minimum Gasteiger partial charge on any atom is -0.352 e. The van der Waals surface area contributed by atoms with Gasteiger partial charge in [-0.1, -0.05) is 0 Å². The van der Waals surface area contributed by atoms with Gasteiger partial charge in [0.1, 0.15) is 0 Å². The SMILES string of the molecule is CC(C(=O)NC1CC1)N1CCNC[C@H]1C. The molecule has 0 aromatic carbocycles. The number of hydrogen-bond donors (Lipinski definition) is 2. The standard InChI is InChI=1S/C11H21N3O/c1-8-7-12-5-6-14(8)9(2)11(15)13-10-3-4-10/h8-10,12H,3-7H2,1-2H3,(H,13,15)/t8-,9?/m1/s1.